The number of carbonyl (C=O) groups excluding carboxylic acids is 1. The molecule has 1 aromatic carbocycles. The Labute approximate surface area is 136 Å². The molecule has 0 heterocycles. The van der Waals surface area contributed by atoms with Crippen molar-refractivity contribution >= 4 is 11.6 Å². The zero-order valence-electron chi connectivity index (χ0n) is 13.0. The van der Waals surface area contributed by atoms with Crippen LogP contribution < -0.4 is 10.9 Å². The molecule has 0 aromatic heterocycles. The lowest BCUT2D eigenvalue weighted by molar-refractivity contribution is -0.120. The van der Waals surface area contributed by atoms with E-state index >= 15 is 0 Å². The van der Waals surface area contributed by atoms with Crippen LogP contribution >= 0.6 is 0 Å². The van der Waals surface area contributed by atoms with Gasteiger partial charge in [-0.1, -0.05) is 32.1 Å². The van der Waals surface area contributed by atoms with E-state index in [0.717, 1.165) is 19.3 Å². The van der Waals surface area contributed by atoms with Gasteiger partial charge < -0.3 is 0 Å². The van der Waals surface area contributed by atoms with E-state index < -0.39 is 40.7 Å². The third-order valence-electron chi connectivity index (χ3n) is 4.28. The highest BCUT2D eigenvalue weighted by Gasteiger charge is 2.26. The summed E-state index contributed by atoms with van der Waals surface area (Å²) in [5, 5.41) is 0. The van der Waals surface area contributed by atoms with Crippen molar-refractivity contribution in [3.63, 3.8) is 0 Å². The SMILES string of the molecule is O=C(CCCC1CCCCC1)NNc1c(F)c(F)c(F)c(F)c1F. The molecule has 1 aliphatic carbocycles. The zero-order valence-corrected chi connectivity index (χ0v) is 13.0. The lowest BCUT2D eigenvalue weighted by Crippen LogP contribution is -2.30. The normalized spacial score (nSPS) is 15.4. The molecule has 0 unspecified atom stereocenters. The maximum absolute atomic E-state index is 13.4. The lowest BCUT2D eigenvalue weighted by atomic mass is 9.86. The molecule has 0 saturated heterocycles. The summed E-state index contributed by atoms with van der Waals surface area (Å²) in [5.41, 5.74) is 2.48. The molecule has 1 saturated carbocycles. The molecule has 0 aliphatic heterocycles. The predicted molar refractivity (Wildman–Crippen MR) is 78.4 cm³/mol. The Morgan fingerprint density at radius 3 is 2.00 bits per heavy atom. The van der Waals surface area contributed by atoms with Crippen molar-refractivity contribution in [1.82, 2.24) is 5.43 Å². The molecule has 1 aliphatic rings. The van der Waals surface area contributed by atoms with Crippen LogP contribution in [0.3, 0.4) is 0 Å². The van der Waals surface area contributed by atoms with Crippen LogP contribution in [0.2, 0.25) is 0 Å². The number of halogens is 5. The van der Waals surface area contributed by atoms with E-state index in [4.69, 9.17) is 0 Å². The Morgan fingerprint density at radius 2 is 1.42 bits per heavy atom. The van der Waals surface area contributed by atoms with Crippen LogP contribution in [0.5, 0.6) is 0 Å². The number of rotatable bonds is 6. The summed E-state index contributed by atoms with van der Waals surface area (Å²) < 4.78 is 65.8. The smallest absolute Gasteiger partial charge is 0.238 e. The van der Waals surface area contributed by atoms with Crippen molar-refractivity contribution in [1.29, 1.82) is 0 Å². The number of anilines is 1. The number of hydrogen-bond donors (Lipinski definition) is 2. The predicted octanol–water partition coefficient (Wildman–Crippen LogP) is 4.58. The molecule has 1 amide bonds. The maximum atomic E-state index is 13.4. The van der Waals surface area contributed by atoms with Crippen molar-refractivity contribution in [3.05, 3.63) is 29.1 Å². The number of amides is 1. The maximum Gasteiger partial charge on any atom is 0.238 e. The van der Waals surface area contributed by atoms with E-state index in [2.05, 4.69) is 0 Å². The highest BCUT2D eigenvalue weighted by Crippen LogP contribution is 2.28. The van der Waals surface area contributed by atoms with Crippen molar-refractivity contribution in [2.75, 3.05) is 5.43 Å². The molecule has 3 nitrogen and oxygen atoms in total. The van der Waals surface area contributed by atoms with Gasteiger partial charge in [0.2, 0.25) is 11.7 Å². The van der Waals surface area contributed by atoms with Gasteiger partial charge in [0.25, 0.3) is 0 Å². The van der Waals surface area contributed by atoms with Crippen LogP contribution in [0.25, 0.3) is 0 Å². The largest absolute Gasteiger partial charge is 0.293 e. The molecule has 0 radical (unpaired) electrons. The lowest BCUT2D eigenvalue weighted by Gasteiger charge is -2.21. The molecular weight excluding hydrogens is 331 g/mol. The van der Waals surface area contributed by atoms with E-state index in [0.29, 0.717) is 12.3 Å². The topological polar surface area (TPSA) is 41.1 Å². The Bertz CT molecular complexity index is 574. The van der Waals surface area contributed by atoms with Crippen LogP contribution in [0.15, 0.2) is 0 Å². The molecule has 1 aromatic rings. The fraction of sp³-hybridized carbons (Fsp3) is 0.562. The van der Waals surface area contributed by atoms with Crippen molar-refractivity contribution < 1.29 is 26.7 Å². The standard InChI is InChI=1S/C16H19F5N2O/c17-11-12(18)14(20)16(15(21)13(11)19)23-22-10(24)8-4-7-9-5-2-1-3-6-9/h9,23H,1-8H2,(H,22,24). The molecule has 24 heavy (non-hydrogen) atoms. The van der Waals surface area contributed by atoms with Gasteiger partial charge in [-0.3, -0.25) is 15.6 Å². The van der Waals surface area contributed by atoms with Crippen LogP contribution in [-0.4, -0.2) is 5.91 Å². The Kier molecular flexibility index (Phi) is 6.39. The van der Waals surface area contributed by atoms with Crippen LogP contribution in [0.1, 0.15) is 51.4 Å². The van der Waals surface area contributed by atoms with Crippen LogP contribution in [0, 0.1) is 35.0 Å². The first-order chi connectivity index (χ1) is 11.4. The second kappa shape index (κ2) is 8.30. The zero-order chi connectivity index (χ0) is 17.7. The second-order valence-corrected chi connectivity index (χ2v) is 6.01. The van der Waals surface area contributed by atoms with E-state index in [9.17, 15) is 26.7 Å². The molecule has 2 N–H and O–H groups in total. The van der Waals surface area contributed by atoms with Crippen molar-refractivity contribution in [2.45, 2.75) is 51.4 Å². The third-order valence-corrected chi connectivity index (χ3v) is 4.28. The van der Waals surface area contributed by atoms with Gasteiger partial charge in [0, 0.05) is 6.42 Å². The number of benzene rings is 1. The summed E-state index contributed by atoms with van der Waals surface area (Å²) in [5.74, 6) is -10.4. The third kappa shape index (κ3) is 4.36. The van der Waals surface area contributed by atoms with Crippen molar-refractivity contribution in [2.24, 2.45) is 5.92 Å². The monoisotopic (exact) mass is 350 g/mol. The number of nitrogens with one attached hydrogen (secondary N) is 2. The summed E-state index contributed by atoms with van der Waals surface area (Å²) in [4.78, 5) is 11.6. The van der Waals surface area contributed by atoms with Crippen LogP contribution in [0.4, 0.5) is 27.6 Å². The Balaban J connectivity index is 1.83. The van der Waals surface area contributed by atoms with Gasteiger partial charge in [0.05, 0.1) is 0 Å². The molecule has 0 atom stereocenters. The highest BCUT2D eigenvalue weighted by atomic mass is 19.2. The average molecular weight is 350 g/mol. The van der Waals surface area contributed by atoms with Gasteiger partial charge in [0.1, 0.15) is 5.69 Å². The van der Waals surface area contributed by atoms with Gasteiger partial charge in [-0.05, 0) is 18.8 Å². The summed E-state index contributed by atoms with van der Waals surface area (Å²) >= 11 is 0. The molecule has 2 rings (SSSR count). The summed E-state index contributed by atoms with van der Waals surface area (Å²) in [6, 6.07) is 0. The Morgan fingerprint density at radius 1 is 0.875 bits per heavy atom. The first-order valence-electron chi connectivity index (χ1n) is 7.98. The highest BCUT2D eigenvalue weighted by molar-refractivity contribution is 5.77. The molecule has 0 spiro atoms. The summed E-state index contributed by atoms with van der Waals surface area (Å²) in [6.07, 6.45) is 7.51. The minimum absolute atomic E-state index is 0.110. The molecule has 8 heteroatoms. The molecule has 0 bridgehead atoms. The fourth-order valence-electron chi connectivity index (χ4n) is 2.94. The first-order valence-corrected chi connectivity index (χ1v) is 7.98. The van der Waals surface area contributed by atoms with E-state index in [1.807, 2.05) is 5.43 Å². The van der Waals surface area contributed by atoms with Gasteiger partial charge in [-0.25, -0.2) is 22.0 Å². The van der Waals surface area contributed by atoms with Gasteiger partial charge in [-0.2, -0.15) is 0 Å². The quantitative estimate of drug-likeness (QED) is 0.341. The number of hydrogen-bond acceptors (Lipinski definition) is 2. The number of hydrazine groups is 1. The summed E-state index contributed by atoms with van der Waals surface area (Å²) in [6.45, 7) is 0. The summed E-state index contributed by atoms with van der Waals surface area (Å²) in [7, 11) is 0. The first kappa shape index (κ1) is 18.5. The van der Waals surface area contributed by atoms with E-state index in [-0.39, 0.29) is 6.42 Å². The molecule has 134 valence electrons. The van der Waals surface area contributed by atoms with Gasteiger partial charge in [-0.15, -0.1) is 0 Å². The van der Waals surface area contributed by atoms with Gasteiger partial charge >= 0.3 is 0 Å². The van der Waals surface area contributed by atoms with Gasteiger partial charge in [0.15, 0.2) is 23.3 Å². The number of carbonyl (C=O) groups is 1. The molecule has 1 fully saturated rings. The second-order valence-electron chi connectivity index (χ2n) is 6.01. The minimum atomic E-state index is -2.24. The molecular formula is C16H19F5N2O. The Hall–Kier alpha value is -1.86. The van der Waals surface area contributed by atoms with Crippen molar-refractivity contribution in [3.8, 4) is 0 Å². The van der Waals surface area contributed by atoms with Crippen LogP contribution in [-0.2, 0) is 4.79 Å². The minimum Gasteiger partial charge on any atom is -0.293 e. The fourth-order valence-corrected chi connectivity index (χ4v) is 2.94. The van der Waals surface area contributed by atoms with E-state index in [1.165, 1.54) is 19.3 Å². The average Bonchev–Trinajstić information content (AvgIpc) is 2.59. The van der Waals surface area contributed by atoms with E-state index in [1.54, 1.807) is 5.43 Å².